The molecule has 0 spiro atoms. The van der Waals surface area contributed by atoms with Gasteiger partial charge in [-0.05, 0) is 29.8 Å². The van der Waals surface area contributed by atoms with E-state index in [1.807, 2.05) is 30.3 Å². The lowest BCUT2D eigenvalue weighted by Crippen LogP contribution is -2.43. The minimum absolute atomic E-state index is 0.0819. The Hall–Kier alpha value is -3.68. The molecule has 0 bridgehead atoms. The van der Waals surface area contributed by atoms with Crippen LogP contribution in [-0.2, 0) is 16.0 Å². The first-order valence-corrected chi connectivity index (χ1v) is 8.21. The molecule has 0 aliphatic carbocycles. The van der Waals surface area contributed by atoms with Crippen molar-refractivity contribution < 1.29 is 19.4 Å². The number of phenolic OH excluding ortho intramolecular Hbond substituents is 1. The summed E-state index contributed by atoms with van der Waals surface area (Å²) in [6.45, 7) is 0. The van der Waals surface area contributed by atoms with Crippen molar-refractivity contribution in [2.45, 2.75) is 12.5 Å². The van der Waals surface area contributed by atoms with Crippen molar-refractivity contribution in [3.8, 4) is 11.4 Å². The number of carbonyl (C=O) groups is 2. The number of carbonyl (C=O) groups excluding carboxylic acids is 2. The van der Waals surface area contributed by atoms with E-state index in [1.165, 1.54) is 30.2 Å². The number of nitrogens with one attached hydrogen (secondary N) is 1. The lowest BCUT2D eigenvalue weighted by atomic mass is 10.1. The van der Waals surface area contributed by atoms with E-state index in [4.69, 9.17) is 4.74 Å². The van der Waals surface area contributed by atoms with Crippen molar-refractivity contribution in [3.63, 3.8) is 0 Å². The fourth-order valence-corrected chi connectivity index (χ4v) is 2.49. The number of esters is 1. The number of methoxy groups -OCH3 is 1. The molecule has 0 aliphatic rings. The third-order valence-electron chi connectivity index (χ3n) is 3.88. The second-order valence-electron chi connectivity index (χ2n) is 5.77. The number of aromatic nitrogens is 3. The number of hydrogen-bond donors (Lipinski definition) is 2. The van der Waals surface area contributed by atoms with Gasteiger partial charge in [-0.15, -0.1) is 5.10 Å². The van der Waals surface area contributed by atoms with E-state index in [1.54, 1.807) is 12.1 Å². The molecule has 8 nitrogen and oxygen atoms in total. The van der Waals surface area contributed by atoms with E-state index < -0.39 is 17.9 Å². The first-order valence-electron chi connectivity index (χ1n) is 8.21. The summed E-state index contributed by atoms with van der Waals surface area (Å²) in [5, 5.41) is 20.2. The smallest absolute Gasteiger partial charge is 0.328 e. The Morgan fingerprint density at radius 2 is 1.85 bits per heavy atom. The molecule has 0 radical (unpaired) electrons. The van der Waals surface area contributed by atoms with Gasteiger partial charge in [-0.1, -0.05) is 30.3 Å². The van der Waals surface area contributed by atoms with Crippen LogP contribution in [0, 0.1) is 0 Å². The van der Waals surface area contributed by atoms with Gasteiger partial charge < -0.3 is 15.2 Å². The molecule has 0 saturated heterocycles. The van der Waals surface area contributed by atoms with E-state index in [9.17, 15) is 14.7 Å². The highest BCUT2D eigenvalue weighted by atomic mass is 16.5. The van der Waals surface area contributed by atoms with Crippen molar-refractivity contribution in [2.24, 2.45) is 0 Å². The second kappa shape index (κ2) is 8.13. The molecule has 1 heterocycles. The Morgan fingerprint density at radius 1 is 1.15 bits per heavy atom. The fraction of sp³-hybridized carbons (Fsp3) is 0.158. The molecule has 2 N–H and O–H groups in total. The molecule has 0 fully saturated rings. The van der Waals surface area contributed by atoms with Gasteiger partial charge in [0.2, 0.25) is 0 Å². The Labute approximate surface area is 155 Å². The fourth-order valence-electron chi connectivity index (χ4n) is 2.49. The molecule has 0 saturated carbocycles. The second-order valence-corrected chi connectivity index (χ2v) is 5.77. The highest BCUT2D eigenvalue weighted by Gasteiger charge is 2.24. The number of aromatic hydroxyl groups is 1. The summed E-state index contributed by atoms with van der Waals surface area (Å²) in [7, 11) is 1.25. The zero-order chi connectivity index (χ0) is 19.2. The summed E-state index contributed by atoms with van der Waals surface area (Å²) in [6.07, 6.45) is 1.54. The number of amides is 1. The number of rotatable bonds is 6. The molecule has 2 aromatic carbocycles. The number of ether oxygens (including phenoxy) is 1. The van der Waals surface area contributed by atoms with Crippen LogP contribution in [0.5, 0.6) is 5.75 Å². The third kappa shape index (κ3) is 4.49. The van der Waals surface area contributed by atoms with Crippen LogP contribution in [0.15, 0.2) is 60.8 Å². The van der Waals surface area contributed by atoms with Gasteiger partial charge in [0, 0.05) is 6.42 Å². The summed E-state index contributed by atoms with van der Waals surface area (Å²) in [5.41, 5.74) is 1.56. The number of hydrogen-bond acceptors (Lipinski definition) is 6. The molecule has 0 aliphatic heterocycles. The summed E-state index contributed by atoms with van der Waals surface area (Å²) >= 11 is 0. The molecule has 3 rings (SSSR count). The van der Waals surface area contributed by atoms with Crippen LogP contribution in [0.25, 0.3) is 5.69 Å². The lowest BCUT2D eigenvalue weighted by molar-refractivity contribution is -0.142. The van der Waals surface area contributed by atoms with Gasteiger partial charge in [0.1, 0.15) is 11.8 Å². The monoisotopic (exact) mass is 366 g/mol. The third-order valence-corrected chi connectivity index (χ3v) is 3.88. The predicted octanol–water partition coefficient (Wildman–Crippen LogP) is 1.49. The maximum Gasteiger partial charge on any atom is 0.328 e. The minimum atomic E-state index is -0.895. The zero-order valence-electron chi connectivity index (χ0n) is 14.6. The zero-order valence-corrected chi connectivity index (χ0v) is 14.6. The molecule has 8 heteroatoms. The van der Waals surface area contributed by atoms with Crippen LogP contribution in [-0.4, -0.2) is 45.1 Å². The molecular weight excluding hydrogens is 348 g/mol. The first kappa shape index (κ1) is 18.1. The number of phenols is 1. The average Bonchev–Trinajstić information content (AvgIpc) is 3.19. The van der Waals surface area contributed by atoms with Gasteiger partial charge in [0.05, 0.1) is 19.0 Å². The SMILES string of the molecule is COC(=O)[C@H](Cc1ccc(O)cc1)NC(=O)c1cnn(-c2ccccc2)n1. The maximum atomic E-state index is 12.5. The van der Waals surface area contributed by atoms with Crippen molar-refractivity contribution >= 4 is 11.9 Å². The molecule has 27 heavy (non-hydrogen) atoms. The molecule has 3 aromatic rings. The van der Waals surface area contributed by atoms with Crippen LogP contribution in [0.2, 0.25) is 0 Å². The van der Waals surface area contributed by atoms with Crippen LogP contribution in [0.3, 0.4) is 0 Å². The first-order chi connectivity index (χ1) is 13.1. The van der Waals surface area contributed by atoms with E-state index in [-0.39, 0.29) is 17.9 Å². The van der Waals surface area contributed by atoms with Crippen molar-refractivity contribution in [1.82, 2.24) is 20.3 Å². The van der Waals surface area contributed by atoms with Gasteiger partial charge in [-0.3, -0.25) is 4.79 Å². The van der Waals surface area contributed by atoms with Crippen molar-refractivity contribution in [3.05, 3.63) is 72.1 Å². The van der Waals surface area contributed by atoms with Crippen LogP contribution < -0.4 is 5.32 Å². The number of benzene rings is 2. The lowest BCUT2D eigenvalue weighted by Gasteiger charge is -2.16. The molecular formula is C19H18N4O4. The van der Waals surface area contributed by atoms with Gasteiger partial charge in [-0.2, -0.15) is 9.90 Å². The van der Waals surface area contributed by atoms with Crippen molar-refractivity contribution in [1.29, 1.82) is 0 Å². The summed E-state index contributed by atoms with van der Waals surface area (Å²) in [4.78, 5) is 25.9. The Balaban J connectivity index is 1.73. The Kier molecular flexibility index (Phi) is 5.46. The largest absolute Gasteiger partial charge is 0.508 e. The number of para-hydroxylation sites is 1. The molecule has 0 unspecified atom stereocenters. The van der Waals surface area contributed by atoms with Crippen molar-refractivity contribution in [2.75, 3.05) is 7.11 Å². The quantitative estimate of drug-likeness (QED) is 0.640. The van der Waals surface area contributed by atoms with E-state index in [2.05, 4.69) is 15.5 Å². The van der Waals surface area contributed by atoms with Gasteiger partial charge >= 0.3 is 5.97 Å². The summed E-state index contributed by atoms with van der Waals surface area (Å²) in [5.74, 6) is -0.992. The van der Waals surface area contributed by atoms with Gasteiger partial charge in [-0.25, -0.2) is 4.79 Å². The van der Waals surface area contributed by atoms with E-state index in [0.29, 0.717) is 5.69 Å². The molecule has 1 aromatic heterocycles. The predicted molar refractivity (Wildman–Crippen MR) is 96.4 cm³/mol. The maximum absolute atomic E-state index is 12.5. The van der Waals surface area contributed by atoms with E-state index >= 15 is 0 Å². The van der Waals surface area contributed by atoms with Crippen LogP contribution in [0.4, 0.5) is 0 Å². The normalized spacial score (nSPS) is 11.6. The highest BCUT2D eigenvalue weighted by molar-refractivity contribution is 5.95. The Bertz CT molecular complexity index is 922. The van der Waals surface area contributed by atoms with Gasteiger partial charge in [0.15, 0.2) is 5.69 Å². The van der Waals surface area contributed by atoms with Crippen LogP contribution >= 0.6 is 0 Å². The summed E-state index contributed by atoms with van der Waals surface area (Å²) < 4.78 is 4.78. The molecule has 1 atom stereocenters. The highest BCUT2D eigenvalue weighted by Crippen LogP contribution is 2.12. The molecule has 138 valence electrons. The van der Waals surface area contributed by atoms with Crippen LogP contribution in [0.1, 0.15) is 16.1 Å². The molecule has 1 amide bonds. The standard InChI is InChI=1S/C19H18N4O4/c1-27-19(26)16(11-13-7-9-15(24)10-8-13)21-18(25)17-12-20-23(22-17)14-5-3-2-4-6-14/h2-10,12,16,24H,11H2,1H3,(H,21,25)/t16-/m0/s1. The Morgan fingerprint density at radius 3 is 2.52 bits per heavy atom. The summed E-state index contributed by atoms with van der Waals surface area (Å²) in [6, 6.07) is 14.6. The average molecular weight is 366 g/mol. The number of nitrogens with zero attached hydrogens (tertiary/aromatic N) is 3. The topological polar surface area (TPSA) is 106 Å². The van der Waals surface area contributed by atoms with E-state index in [0.717, 1.165) is 5.56 Å². The minimum Gasteiger partial charge on any atom is -0.508 e. The van der Waals surface area contributed by atoms with Gasteiger partial charge in [0.25, 0.3) is 5.91 Å².